The lowest BCUT2D eigenvalue weighted by Crippen LogP contribution is -2.52. The van der Waals surface area contributed by atoms with Crippen LogP contribution in [0.4, 0.5) is 0 Å². The predicted octanol–water partition coefficient (Wildman–Crippen LogP) is 4.06. The Hall–Kier alpha value is -2.64. The summed E-state index contributed by atoms with van der Waals surface area (Å²) in [5.41, 5.74) is 3.25. The number of piperidine rings is 1. The van der Waals surface area contributed by atoms with Crippen LogP contribution in [0.3, 0.4) is 0 Å². The molecule has 27 heavy (non-hydrogen) atoms. The van der Waals surface area contributed by atoms with Gasteiger partial charge in [0, 0.05) is 18.7 Å². The zero-order valence-electron chi connectivity index (χ0n) is 15.5. The Kier molecular flexibility index (Phi) is 5.22. The Morgan fingerprint density at radius 2 is 1.81 bits per heavy atom. The number of likely N-dealkylation sites (tertiary alicyclic amines) is 1. The number of hydrogen-bond acceptors (Lipinski definition) is 3. The third-order valence-corrected chi connectivity index (χ3v) is 5.64. The summed E-state index contributed by atoms with van der Waals surface area (Å²) in [6.07, 6.45) is 3.94. The van der Waals surface area contributed by atoms with E-state index in [0.717, 1.165) is 19.5 Å². The van der Waals surface area contributed by atoms with E-state index in [-0.39, 0.29) is 18.0 Å². The highest BCUT2D eigenvalue weighted by Crippen LogP contribution is 2.39. The molecule has 1 N–H and O–H groups in total. The number of nitrogens with zero attached hydrogens (tertiary/aromatic N) is 2. The van der Waals surface area contributed by atoms with Crippen LogP contribution in [0.25, 0.3) is 0 Å². The summed E-state index contributed by atoms with van der Waals surface area (Å²) in [6.45, 7) is 1.60. The number of benzene rings is 2. The molecule has 4 rings (SSSR count). The smallest absolute Gasteiger partial charge is 0.252 e. The van der Waals surface area contributed by atoms with Crippen molar-refractivity contribution in [3.8, 4) is 6.07 Å². The number of nitrogens with one attached hydrogen (secondary N) is 1. The lowest BCUT2D eigenvalue weighted by molar-refractivity contribution is 0.0697. The van der Waals surface area contributed by atoms with Crippen LogP contribution in [0.5, 0.6) is 0 Å². The molecular formula is C23H25N3O. The van der Waals surface area contributed by atoms with Crippen LogP contribution >= 0.6 is 0 Å². The fourth-order valence-electron chi connectivity index (χ4n) is 3.85. The van der Waals surface area contributed by atoms with E-state index in [4.69, 9.17) is 0 Å². The minimum absolute atomic E-state index is 0.000402. The second-order valence-electron chi connectivity index (χ2n) is 7.69. The summed E-state index contributed by atoms with van der Waals surface area (Å²) in [5, 5.41) is 12.5. The minimum atomic E-state index is -0.112. The van der Waals surface area contributed by atoms with Crippen molar-refractivity contribution in [3.63, 3.8) is 0 Å². The van der Waals surface area contributed by atoms with Crippen LogP contribution in [0.1, 0.15) is 53.1 Å². The quantitative estimate of drug-likeness (QED) is 0.876. The van der Waals surface area contributed by atoms with E-state index in [9.17, 15) is 10.1 Å². The van der Waals surface area contributed by atoms with Gasteiger partial charge in [-0.3, -0.25) is 9.69 Å². The standard InChI is InChI=1S/C23H25N3O/c24-15-18-12-13-26(16-17-4-2-1-3-5-17)22(14-18)25-23(27)21-10-8-20(9-11-21)19-6-7-19/h1-5,8-11,18-19,22H,6-7,12-14,16H2,(H,25,27). The van der Waals surface area contributed by atoms with Gasteiger partial charge < -0.3 is 5.32 Å². The Morgan fingerprint density at radius 3 is 2.48 bits per heavy atom. The molecule has 0 bridgehead atoms. The first kappa shape index (κ1) is 17.8. The predicted molar refractivity (Wildman–Crippen MR) is 105 cm³/mol. The Morgan fingerprint density at radius 1 is 1.07 bits per heavy atom. The highest BCUT2D eigenvalue weighted by Gasteiger charge is 2.30. The zero-order valence-corrected chi connectivity index (χ0v) is 15.5. The van der Waals surface area contributed by atoms with E-state index in [2.05, 4.69) is 40.6 Å². The van der Waals surface area contributed by atoms with E-state index >= 15 is 0 Å². The van der Waals surface area contributed by atoms with Gasteiger partial charge in [0.05, 0.1) is 18.2 Å². The highest BCUT2D eigenvalue weighted by atomic mass is 16.1. The maximum absolute atomic E-state index is 12.8. The van der Waals surface area contributed by atoms with Crippen LogP contribution in [0.2, 0.25) is 0 Å². The fourth-order valence-corrected chi connectivity index (χ4v) is 3.85. The van der Waals surface area contributed by atoms with Gasteiger partial charge >= 0.3 is 0 Å². The Balaban J connectivity index is 1.45. The monoisotopic (exact) mass is 359 g/mol. The van der Waals surface area contributed by atoms with Crippen molar-refractivity contribution in [2.24, 2.45) is 5.92 Å². The average molecular weight is 359 g/mol. The van der Waals surface area contributed by atoms with E-state index in [1.165, 1.54) is 24.0 Å². The molecule has 2 aromatic rings. The molecule has 1 saturated carbocycles. The normalized spacial score (nSPS) is 22.8. The fraction of sp³-hybridized carbons (Fsp3) is 0.391. The van der Waals surface area contributed by atoms with Crippen molar-refractivity contribution in [1.29, 1.82) is 5.26 Å². The van der Waals surface area contributed by atoms with Crippen LogP contribution in [0, 0.1) is 17.2 Å². The highest BCUT2D eigenvalue weighted by molar-refractivity contribution is 5.94. The number of hydrogen-bond donors (Lipinski definition) is 1. The molecule has 0 radical (unpaired) electrons. The maximum Gasteiger partial charge on any atom is 0.252 e. The molecule has 4 heteroatoms. The van der Waals surface area contributed by atoms with Gasteiger partial charge in [-0.1, -0.05) is 42.5 Å². The summed E-state index contributed by atoms with van der Waals surface area (Å²) in [6, 6.07) is 20.7. The van der Waals surface area contributed by atoms with Crippen molar-refractivity contribution in [3.05, 3.63) is 71.3 Å². The van der Waals surface area contributed by atoms with Crippen LogP contribution in [-0.2, 0) is 6.54 Å². The molecule has 2 unspecified atom stereocenters. The lowest BCUT2D eigenvalue weighted by Gasteiger charge is -2.38. The van der Waals surface area contributed by atoms with Gasteiger partial charge in [0.25, 0.3) is 5.91 Å². The summed E-state index contributed by atoms with van der Waals surface area (Å²) in [7, 11) is 0. The second-order valence-corrected chi connectivity index (χ2v) is 7.69. The molecule has 1 heterocycles. The molecule has 1 saturated heterocycles. The van der Waals surface area contributed by atoms with Crippen LogP contribution in [0.15, 0.2) is 54.6 Å². The first-order valence-corrected chi connectivity index (χ1v) is 9.81. The average Bonchev–Trinajstić information content (AvgIpc) is 3.55. The van der Waals surface area contributed by atoms with E-state index in [0.29, 0.717) is 17.9 Å². The van der Waals surface area contributed by atoms with Crippen LogP contribution in [-0.4, -0.2) is 23.5 Å². The van der Waals surface area contributed by atoms with Gasteiger partial charge in [-0.15, -0.1) is 0 Å². The van der Waals surface area contributed by atoms with Gasteiger partial charge in [-0.05, 0) is 54.9 Å². The minimum Gasteiger partial charge on any atom is -0.336 e. The SMILES string of the molecule is N#CC1CCN(Cc2ccccc2)C(NC(=O)c2ccc(C3CC3)cc2)C1. The summed E-state index contributed by atoms with van der Waals surface area (Å²) < 4.78 is 0. The Bertz CT molecular complexity index is 821. The molecule has 0 aromatic heterocycles. The largest absolute Gasteiger partial charge is 0.336 e. The zero-order chi connectivity index (χ0) is 18.6. The van der Waals surface area contributed by atoms with E-state index in [1.807, 2.05) is 30.3 Å². The van der Waals surface area contributed by atoms with Crippen molar-refractivity contribution < 1.29 is 4.79 Å². The maximum atomic E-state index is 12.8. The van der Waals surface area contributed by atoms with E-state index in [1.54, 1.807) is 0 Å². The third kappa shape index (κ3) is 4.37. The first-order chi connectivity index (χ1) is 13.2. The molecule has 2 aliphatic rings. The van der Waals surface area contributed by atoms with Crippen LogP contribution < -0.4 is 5.32 Å². The topological polar surface area (TPSA) is 56.1 Å². The van der Waals surface area contributed by atoms with Gasteiger partial charge in [0.2, 0.25) is 0 Å². The molecule has 2 atom stereocenters. The number of carbonyl (C=O) groups is 1. The summed E-state index contributed by atoms with van der Waals surface area (Å²) in [4.78, 5) is 15.1. The molecule has 1 amide bonds. The molecule has 1 aliphatic carbocycles. The third-order valence-electron chi connectivity index (χ3n) is 5.64. The molecule has 2 aromatic carbocycles. The molecule has 4 nitrogen and oxygen atoms in total. The van der Waals surface area contributed by atoms with Gasteiger partial charge in [-0.2, -0.15) is 5.26 Å². The summed E-state index contributed by atoms with van der Waals surface area (Å²) in [5.74, 6) is 0.636. The van der Waals surface area contributed by atoms with Gasteiger partial charge in [-0.25, -0.2) is 0 Å². The number of rotatable bonds is 5. The lowest BCUT2D eigenvalue weighted by atomic mass is 9.95. The number of amides is 1. The van der Waals surface area contributed by atoms with Crippen molar-refractivity contribution in [2.75, 3.05) is 6.54 Å². The molecule has 1 aliphatic heterocycles. The molecule has 2 fully saturated rings. The molecule has 0 spiro atoms. The van der Waals surface area contributed by atoms with Crippen molar-refractivity contribution in [1.82, 2.24) is 10.2 Å². The summed E-state index contributed by atoms with van der Waals surface area (Å²) >= 11 is 0. The Labute approximate surface area is 160 Å². The first-order valence-electron chi connectivity index (χ1n) is 9.81. The van der Waals surface area contributed by atoms with Crippen molar-refractivity contribution >= 4 is 5.91 Å². The van der Waals surface area contributed by atoms with Gasteiger partial charge in [0.15, 0.2) is 0 Å². The van der Waals surface area contributed by atoms with Crippen molar-refractivity contribution in [2.45, 2.75) is 44.3 Å². The second kappa shape index (κ2) is 7.94. The van der Waals surface area contributed by atoms with Gasteiger partial charge in [0.1, 0.15) is 0 Å². The van der Waals surface area contributed by atoms with E-state index < -0.39 is 0 Å². The molecule has 138 valence electrons. The molecular weight excluding hydrogens is 334 g/mol. The number of carbonyl (C=O) groups excluding carboxylic acids is 1. The number of nitriles is 1.